The van der Waals surface area contributed by atoms with Crippen molar-refractivity contribution in [2.75, 3.05) is 6.54 Å². The van der Waals surface area contributed by atoms with Gasteiger partial charge in [0.25, 0.3) is 0 Å². The molecule has 0 radical (unpaired) electrons. The van der Waals surface area contributed by atoms with Gasteiger partial charge in [0.05, 0.1) is 5.69 Å². The summed E-state index contributed by atoms with van der Waals surface area (Å²) in [5, 5.41) is 5.48. The molecule has 0 unspecified atom stereocenters. The number of para-hydroxylation sites is 1. The molecule has 0 saturated carbocycles. The highest BCUT2D eigenvalue weighted by Gasteiger charge is 2.14. The maximum Gasteiger partial charge on any atom is 0.164 e. The summed E-state index contributed by atoms with van der Waals surface area (Å²) in [7, 11) is 0. The lowest BCUT2D eigenvalue weighted by Gasteiger charge is -1.99. The van der Waals surface area contributed by atoms with E-state index < -0.39 is 0 Å². The standard InChI is InChI=1S/C16H18N2OS/c1-3-12-15(10-17-4-2)20-16(18-12)14-9-11-7-5-6-8-13(11)19-14/h5-9,17H,3-4,10H2,1-2H3. The van der Waals surface area contributed by atoms with Gasteiger partial charge in [-0.15, -0.1) is 11.3 Å². The molecule has 0 spiro atoms. The molecule has 0 fully saturated rings. The molecule has 104 valence electrons. The Hall–Kier alpha value is -1.65. The Kier molecular flexibility index (Phi) is 3.85. The molecule has 3 aromatic rings. The third-order valence-electron chi connectivity index (χ3n) is 3.29. The fourth-order valence-corrected chi connectivity index (χ4v) is 3.30. The average Bonchev–Trinajstić information content (AvgIpc) is 3.08. The summed E-state index contributed by atoms with van der Waals surface area (Å²) in [4.78, 5) is 6.04. The van der Waals surface area contributed by atoms with E-state index in [9.17, 15) is 0 Å². The van der Waals surface area contributed by atoms with E-state index in [0.29, 0.717) is 0 Å². The van der Waals surface area contributed by atoms with Crippen LogP contribution in [0.4, 0.5) is 0 Å². The Balaban J connectivity index is 1.98. The zero-order chi connectivity index (χ0) is 13.9. The number of benzene rings is 1. The van der Waals surface area contributed by atoms with Crippen molar-refractivity contribution < 1.29 is 4.42 Å². The van der Waals surface area contributed by atoms with Crippen molar-refractivity contribution in [2.24, 2.45) is 0 Å². The lowest BCUT2D eigenvalue weighted by atomic mass is 10.2. The largest absolute Gasteiger partial charge is 0.454 e. The minimum atomic E-state index is 0.869. The highest BCUT2D eigenvalue weighted by molar-refractivity contribution is 7.15. The van der Waals surface area contributed by atoms with Crippen molar-refractivity contribution in [3.63, 3.8) is 0 Å². The van der Waals surface area contributed by atoms with Crippen molar-refractivity contribution in [1.82, 2.24) is 10.3 Å². The van der Waals surface area contributed by atoms with Crippen LogP contribution in [0.15, 0.2) is 34.7 Å². The van der Waals surface area contributed by atoms with E-state index in [-0.39, 0.29) is 0 Å². The molecule has 3 rings (SSSR count). The van der Waals surface area contributed by atoms with Crippen LogP contribution in [0.1, 0.15) is 24.4 Å². The Morgan fingerprint density at radius 3 is 2.85 bits per heavy atom. The van der Waals surface area contributed by atoms with E-state index in [0.717, 1.165) is 41.2 Å². The van der Waals surface area contributed by atoms with Gasteiger partial charge < -0.3 is 9.73 Å². The van der Waals surface area contributed by atoms with Gasteiger partial charge in [0.1, 0.15) is 5.58 Å². The molecular weight excluding hydrogens is 268 g/mol. The van der Waals surface area contributed by atoms with Crippen LogP contribution in [0.25, 0.3) is 21.7 Å². The molecule has 0 aliphatic rings. The smallest absolute Gasteiger partial charge is 0.164 e. The molecule has 0 atom stereocenters. The first-order valence-corrected chi connectivity index (χ1v) is 7.81. The predicted molar refractivity (Wildman–Crippen MR) is 84.1 cm³/mol. The zero-order valence-electron chi connectivity index (χ0n) is 11.8. The number of nitrogens with zero attached hydrogens (tertiary/aromatic N) is 1. The van der Waals surface area contributed by atoms with Gasteiger partial charge in [0.2, 0.25) is 0 Å². The SMILES string of the molecule is CCNCc1sc(-c2cc3ccccc3o2)nc1CC. The minimum absolute atomic E-state index is 0.869. The van der Waals surface area contributed by atoms with Gasteiger partial charge in [-0.25, -0.2) is 4.98 Å². The molecule has 0 bridgehead atoms. The number of rotatable bonds is 5. The number of aryl methyl sites for hydroxylation is 1. The molecule has 1 aromatic carbocycles. The monoisotopic (exact) mass is 286 g/mol. The van der Waals surface area contributed by atoms with Crippen LogP contribution in [0.3, 0.4) is 0 Å². The van der Waals surface area contributed by atoms with Crippen LogP contribution in [0.2, 0.25) is 0 Å². The summed E-state index contributed by atoms with van der Waals surface area (Å²) < 4.78 is 5.90. The van der Waals surface area contributed by atoms with Gasteiger partial charge in [-0.05, 0) is 25.1 Å². The van der Waals surface area contributed by atoms with E-state index in [2.05, 4.69) is 31.3 Å². The summed E-state index contributed by atoms with van der Waals surface area (Å²) in [5.74, 6) is 0.869. The molecule has 20 heavy (non-hydrogen) atoms. The topological polar surface area (TPSA) is 38.1 Å². The summed E-state index contributed by atoms with van der Waals surface area (Å²) in [6, 6.07) is 10.1. The molecule has 2 heterocycles. The first kappa shape index (κ1) is 13.3. The van der Waals surface area contributed by atoms with Crippen LogP contribution >= 0.6 is 11.3 Å². The molecule has 0 aliphatic heterocycles. The molecule has 0 aliphatic carbocycles. The summed E-state index contributed by atoms with van der Waals surface area (Å²) >= 11 is 1.73. The second-order valence-electron chi connectivity index (χ2n) is 4.67. The molecule has 0 saturated heterocycles. The first-order valence-electron chi connectivity index (χ1n) is 7.00. The molecule has 4 heteroatoms. The first-order chi connectivity index (χ1) is 9.81. The third-order valence-corrected chi connectivity index (χ3v) is 4.40. The maximum absolute atomic E-state index is 5.90. The van der Waals surface area contributed by atoms with E-state index in [1.54, 1.807) is 11.3 Å². The number of thiazole rings is 1. The quantitative estimate of drug-likeness (QED) is 0.763. The number of nitrogens with one attached hydrogen (secondary N) is 1. The van der Waals surface area contributed by atoms with Gasteiger partial charge in [0, 0.05) is 16.8 Å². The second kappa shape index (κ2) is 5.77. The second-order valence-corrected chi connectivity index (χ2v) is 5.75. The Bertz CT molecular complexity index is 681. The maximum atomic E-state index is 5.90. The van der Waals surface area contributed by atoms with E-state index >= 15 is 0 Å². The van der Waals surface area contributed by atoms with Crippen molar-refractivity contribution in [1.29, 1.82) is 0 Å². The van der Waals surface area contributed by atoms with Crippen LogP contribution in [-0.4, -0.2) is 11.5 Å². The van der Waals surface area contributed by atoms with Crippen molar-refractivity contribution in [3.05, 3.63) is 40.9 Å². The lowest BCUT2D eigenvalue weighted by molar-refractivity contribution is 0.630. The van der Waals surface area contributed by atoms with Gasteiger partial charge in [-0.3, -0.25) is 0 Å². The summed E-state index contributed by atoms with van der Waals surface area (Å²) in [6.45, 7) is 6.12. The van der Waals surface area contributed by atoms with Crippen LogP contribution < -0.4 is 5.32 Å². The van der Waals surface area contributed by atoms with Gasteiger partial charge in [-0.2, -0.15) is 0 Å². The number of hydrogen-bond acceptors (Lipinski definition) is 4. The van der Waals surface area contributed by atoms with Gasteiger partial charge >= 0.3 is 0 Å². The molecule has 0 amide bonds. The van der Waals surface area contributed by atoms with Gasteiger partial charge in [-0.1, -0.05) is 32.0 Å². The normalized spacial score (nSPS) is 11.3. The van der Waals surface area contributed by atoms with E-state index in [4.69, 9.17) is 9.40 Å². The molecule has 1 N–H and O–H groups in total. The summed E-state index contributed by atoms with van der Waals surface area (Å²) in [6.07, 6.45) is 0.956. The van der Waals surface area contributed by atoms with Crippen LogP contribution in [0.5, 0.6) is 0 Å². The molecule has 3 nitrogen and oxygen atoms in total. The molecular formula is C16H18N2OS. The zero-order valence-corrected chi connectivity index (χ0v) is 12.6. The summed E-state index contributed by atoms with van der Waals surface area (Å²) in [5.41, 5.74) is 2.09. The fourth-order valence-electron chi connectivity index (χ4n) is 2.23. The number of fused-ring (bicyclic) bond motifs is 1. The van der Waals surface area contributed by atoms with Gasteiger partial charge in [0.15, 0.2) is 10.8 Å². The Labute approximate surface area is 122 Å². The average molecular weight is 286 g/mol. The lowest BCUT2D eigenvalue weighted by Crippen LogP contribution is -2.11. The van der Waals surface area contributed by atoms with Crippen molar-refractivity contribution in [2.45, 2.75) is 26.8 Å². The van der Waals surface area contributed by atoms with E-state index in [1.807, 2.05) is 18.2 Å². The number of hydrogen-bond donors (Lipinski definition) is 1. The minimum Gasteiger partial charge on any atom is -0.454 e. The highest BCUT2D eigenvalue weighted by Crippen LogP contribution is 2.32. The van der Waals surface area contributed by atoms with Crippen LogP contribution in [0, 0.1) is 0 Å². The number of aromatic nitrogens is 1. The third kappa shape index (κ3) is 2.49. The number of furan rings is 1. The predicted octanol–water partition coefficient (Wildman–Crippen LogP) is 4.23. The Morgan fingerprint density at radius 2 is 2.10 bits per heavy atom. The molecule has 2 aromatic heterocycles. The van der Waals surface area contributed by atoms with Crippen molar-refractivity contribution >= 4 is 22.3 Å². The highest BCUT2D eigenvalue weighted by atomic mass is 32.1. The fraction of sp³-hybridized carbons (Fsp3) is 0.312. The van der Waals surface area contributed by atoms with Crippen LogP contribution in [-0.2, 0) is 13.0 Å². The van der Waals surface area contributed by atoms with Crippen molar-refractivity contribution in [3.8, 4) is 10.8 Å². The Morgan fingerprint density at radius 1 is 1.25 bits per heavy atom. The van der Waals surface area contributed by atoms with E-state index in [1.165, 1.54) is 10.6 Å².